The van der Waals surface area contributed by atoms with Gasteiger partial charge in [-0.1, -0.05) is 296 Å². The number of carbonyl (C=O) groups is 1. The van der Waals surface area contributed by atoms with E-state index in [0.717, 1.165) is 32.1 Å². The Hall–Kier alpha value is -0.500. The lowest BCUT2D eigenvalue weighted by Crippen LogP contribution is -2.28. The smallest absolute Gasteiger partial charge is 0.457 e. The molecule has 0 radical (unpaired) electrons. The lowest BCUT2D eigenvalue weighted by molar-refractivity contribution is -0.154. The monoisotopic (exact) mass is 944 g/mol. The first-order valence-electron chi connectivity index (χ1n) is 29.0. The molecule has 0 aromatic carbocycles. The summed E-state index contributed by atoms with van der Waals surface area (Å²) in [4.78, 5) is 22.7. The van der Waals surface area contributed by atoms with E-state index in [9.17, 15) is 14.3 Å². The maximum Gasteiger partial charge on any atom is 0.472 e. The van der Waals surface area contributed by atoms with Gasteiger partial charge in [0.1, 0.15) is 6.10 Å². The number of nitrogens with two attached hydrogens (primary N) is 1. The Balaban J connectivity index is 3.81. The molecular weight excluding hydrogens is 830 g/mol. The van der Waals surface area contributed by atoms with Gasteiger partial charge < -0.3 is 20.1 Å². The molecule has 0 amide bonds. The van der Waals surface area contributed by atoms with Gasteiger partial charge in [0, 0.05) is 19.6 Å². The molecule has 2 atom stereocenters. The summed E-state index contributed by atoms with van der Waals surface area (Å²) in [5.74, 6) is -0.319. The first-order chi connectivity index (χ1) is 31.9. The number of ether oxygens (including phenoxy) is 2. The van der Waals surface area contributed by atoms with Crippen LogP contribution in [0.15, 0.2) is 0 Å². The minimum absolute atomic E-state index is 0.0895. The van der Waals surface area contributed by atoms with Crippen molar-refractivity contribution in [2.75, 3.05) is 33.0 Å². The highest BCUT2D eigenvalue weighted by Crippen LogP contribution is 2.43. The lowest BCUT2D eigenvalue weighted by Gasteiger charge is -2.20. The third-order valence-corrected chi connectivity index (χ3v) is 14.3. The third-order valence-electron chi connectivity index (χ3n) is 13.3. The van der Waals surface area contributed by atoms with Gasteiger partial charge >= 0.3 is 13.8 Å². The quantitative estimate of drug-likeness (QED) is 0.0352. The summed E-state index contributed by atoms with van der Waals surface area (Å²) in [6.45, 7) is 5.03. The average molecular weight is 945 g/mol. The van der Waals surface area contributed by atoms with Gasteiger partial charge in [-0.15, -0.1) is 0 Å². The predicted molar refractivity (Wildman–Crippen MR) is 280 cm³/mol. The first-order valence-corrected chi connectivity index (χ1v) is 30.5. The van der Waals surface area contributed by atoms with Crippen LogP contribution in [-0.4, -0.2) is 49.9 Å². The van der Waals surface area contributed by atoms with Gasteiger partial charge in [0.2, 0.25) is 0 Å². The minimum atomic E-state index is -4.28. The molecule has 0 aliphatic carbocycles. The number of phosphoric ester groups is 1. The molecular formula is C56H114NO7P. The summed E-state index contributed by atoms with van der Waals surface area (Å²) >= 11 is 0. The Morgan fingerprint density at radius 3 is 0.969 bits per heavy atom. The van der Waals surface area contributed by atoms with E-state index in [1.54, 1.807) is 0 Å². The van der Waals surface area contributed by atoms with Crippen LogP contribution < -0.4 is 5.73 Å². The van der Waals surface area contributed by atoms with Crippen LogP contribution in [0.2, 0.25) is 0 Å². The molecule has 0 aromatic heterocycles. The fraction of sp³-hybridized carbons (Fsp3) is 0.982. The number of phosphoric acid groups is 1. The van der Waals surface area contributed by atoms with E-state index in [1.165, 1.54) is 263 Å². The van der Waals surface area contributed by atoms with Gasteiger partial charge in [-0.25, -0.2) is 4.57 Å². The van der Waals surface area contributed by atoms with Gasteiger partial charge in [-0.05, 0) is 12.8 Å². The molecule has 3 N–H and O–H groups in total. The maximum absolute atomic E-state index is 12.7. The van der Waals surface area contributed by atoms with Crippen LogP contribution in [0.25, 0.3) is 0 Å². The summed E-state index contributed by atoms with van der Waals surface area (Å²) in [5.41, 5.74) is 5.40. The molecule has 0 saturated heterocycles. The zero-order valence-corrected chi connectivity index (χ0v) is 44.7. The van der Waals surface area contributed by atoms with Crippen LogP contribution in [0, 0.1) is 0 Å². The van der Waals surface area contributed by atoms with Crippen molar-refractivity contribution in [3.05, 3.63) is 0 Å². The standard InChI is InChI=1S/C56H114NO7P/c1-3-5-7-9-11-13-15-17-19-21-23-25-27-29-31-33-35-37-39-41-43-45-47-49-56(58)64-55(54-63-65(59,60)62-52-50-57)53-61-51-48-46-44-42-40-38-36-34-32-30-28-26-24-22-20-18-16-14-12-10-8-6-4-2/h55H,3-54,57H2,1-2H3,(H,59,60). The van der Waals surface area contributed by atoms with E-state index in [-0.39, 0.29) is 32.3 Å². The summed E-state index contributed by atoms with van der Waals surface area (Å²) in [6, 6.07) is 0. The zero-order chi connectivity index (χ0) is 47.3. The van der Waals surface area contributed by atoms with Gasteiger partial charge in [0.05, 0.1) is 19.8 Å². The van der Waals surface area contributed by atoms with Crippen LogP contribution in [0.5, 0.6) is 0 Å². The van der Waals surface area contributed by atoms with E-state index >= 15 is 0 Å². The van der Waals surface area contributed by atoms with Crippen molar-refractivity contribution in [2.24, 2.45) is 5.73 Å². The molecule has 2 unspecified atom stereocenters. The molecule has 0 aliphatic rings. The Labute approximate surface area is 405 Å². The second kappa shape index (κ2) is 54.4. The molecule has 0 aliphatic heterocycles. The topological polar surface area (TPSA) is 117 Å². The SMILES string of the molecule is CCCCCCCCCCCCCCCCCCCCCCCCCOCC(COP(=O)(O)OCCN)OC(=O)CCCCCCCCCCCCCCCCCCCCCCCCC. The number of hydrogen-bond acceptors (Lipinski definition) is 7. The van der Waals surface area contributed by atoms with Crippen molar-refractivity contribution in [1.82, 2.24) is 0 Å². The van der Waals surface area contributed by atoms with Crippen molar-refractivity contribution in [3.63, 3.8) is 0 Å². The Kier molecular flexibility index (Phi) is 54.0. The van der Waals surface area contributed by atoms with Crippen LogP contribution in [0.3, 0.4) is 0 Å². The highest BCUT2D eigenvalue weighted by Gasteiger charge is 2.25. The molecule has 9 heteroatoms. The summed E-state index contributed by atoms with van der Waals surface area (Å²) in [5, 5.41) is 0. The van der Waals surface area contributed by atoms with Crippen molar-refractivity contribution >= 4 is 13.8 Å². The van der Waals surface area contributed by atoms with Crippen LogP contribution in [0.4, 0.5) is 0 Å². The van der Waals surface area contributed by atoms with E-state index < -0.39 is 13.9 Å². The normalized spacial score (nSPS) is 13.1. The van der Waals surface area contributed by atoms with E-state index in [1.807, 2.05) is 0 Å². The number of unbranched alkanes of at least 4 members (excludes halogenated alkanes) is 44. The number of carbonyl (C=O) groups excluding carboxylic acids is 1. The summed E-state index contributed by atoms with van der Waals surface area (Å²) in [7, 11) is -4.28. The molecule has 0 heterocycles. The summed E-state index contributed by atoms with van der Waals surface area (Å²) < 4.78 is 33.7. The number of hydrogen-bond donors (Lipinski definition) is 2. The fourth-order valence-electron chi connectivity index (χ4n) is 9.00. The first kappa shape index (κ1) is 64.5. The van der Waals surface area contributed by atoms with Crippen molar-refractivity contribution in [2.45, 2.75) is 322 Å². The Bertz CT molecular complexity index is 971. The molecule has 0 rings (SSSR count). The molecule has 8 nitrogen and oxygen atoms in total. The van der Waals surface area contributed by atoms with Gasteiger partial charge in [-0.3, -0.25) is 13.8 Å². The Morgan fingerprint density at radius 1 is 0.400 bits per heavy atom. The van der Waals surface area contributed by atoms with Gasteiger partial charge in [0.15, 0.2) is 0 Å². The van der Waals surface area contributed by atoms with Crippen LogP contribution >= 0.6 is 7.82 Å². The molecule has 0 aromatic rings. The zero-order valence-electron chi connectivity index (χ0n) is 43.8. The minimum Gasteiger partial charge on any atom is -0.457 e. The fourth-order valence-corrected chi connectivity index (χ4v) is 9.77. The molecule has 0 fully saturated rings. The lowest BCUT2D eigenvalue weighted by atomic mass is 10.0. The molecule has 0 bridgehead atoms. The van der Waals surface area contributed by atoms with Gasteiger partial charge in [-0.2, -0.15) is 0 Å². The van der Waals surface area contributed by atoms with E-state index in [0.29, 0.717) is 13.0 Å². The highest BCUT2D eigenvalue weighted by molar-refractivity contribution is 7.47. The van der Waals surface area contributed by atoms with E-state index in [2.05, 4.69) is 13.8 Å². The molecule has 0 spiro atoms. The summed E-state index contributed by atoms with van der Waals surface area (Å²) in [6.07, 6.45) is 61.6. The molecule has 390 valence electrons. The van der Waals surface area contributed by atoms with Gasteiger partial charge in [0.25, 0.3) is 0 Å². The number of esters is 1. The highest BCUT2D eigenvalue weighted by atomic mass is 31.2. The van der Waals surface area contributed by atoms with E-state index in [4.69, 9.17) is 24.3 Å². The van der Waals surface area contributed by atoms with Crippen molar-refractivity contribution in [1.29, 1.82) is 0 Å². The third kappa shape index (κ3) is 54.3. The Morgan fingerprint density at radius 2 is 0.677 bits per heavy atom. The van der Waals surface area contributed by atoms with Crippen molar-refractivity contribution in [3.8, 4) is 0 Å². The maximum atomic E-state index is 12.7. The van der Waals surface area contributed by atoms with Crippen molar-refractivity contribution < 1.29 is 32.8 Å². The van der Waals surface area contributed by atoms with Crippen LogP contribution in [-0.2, 0) is 27.9 Å². The second-order valence-corrected chi connectivity index (χ2v) is 21.3. The van der Waals surface area contributed by atoms with Crippen LogP contribution in [0.1, 0.15) is 316 Å². The predicted octanol–water partition coefficient (Wildman–Crippen LogP) is 18.4. The second-order valence-electron chi connectivity index (χ2n) is 19.9. The molecule has 0 saturated carbocycles. The molecule has 65 heavy (non-hydrogen) atoms. The number of rotatable bonds is 57. The largest absolute Gasteiger partial charge is 0.472 e. The average Bonchev–Trinajstić information content (AvgIpc) is 3.30.